The third-order valence-electron chi connectivity index (χ3n) is 23.2. The summed E-state index contributed by atoms with van der Waals surface area (Å²) in [5.41, 5.74) is 34.7. The van der Waals surface area contributed by atoms with Gasteiger partial charge < -0.3 is 18.9 Å². The topological polar surface area (TPSA) is 16.3 Å². The molecule has 2 aliphatic rings. The molecule has 0 aliphatic carbocycles. The first-order valence-corrected chi connectivity index (χ1v) is 38.7. The molecule has 4 heterocycles. The average Bonchev–Trinajstić information content (AvgIpc) is 0.928. The van der Waals surface area contributed by atoms with Crippen molar-refractivity contribution in [3.05, 3.63) is 306 Å². The Morgan fingerprint density at radius 2 is 0.542 bits per heavy atom. The fourth-order valence-electron chi connectivity index (χ4n) is 17.6. The van der Waals surface area contributed by atoms with Gasteiger partial charge in [-0.05, 0) is 177 Å². The van der Waals surface area contributed by atoms with E-state index in [1.807, 2.05) is 0 Å². The molecule has 5 heteroatoms. The molecule has 2 aromatic heterocycles. The van der Waals surface area contributed by atoms with Gasteiger partial charge in [0, 0.05) is 77.9 Å². The lowest BCUT2D eigenvalue weighted by atomic mass is 9.33. The molecule has 0 saturated carbocycles. The number of hydrogen-bond acceptors (Lipinski definition) is 2. The van der Waals surface area contributed by atoms with Crippen LogP contribution in [0.2, 0.25) is 0 Å². The minimum absolute atomic E-state index is 0.0771. The van der Waals surface area contributed by atoms with E-state index in [1.165, 1.54) is 138 Å². The summed E-state index contributed by atoms with van der Waals surface area (Å²) in [5.74, 6) is 0. The second-order valence-corrected chi connectivity index (χ2v) is 36.6. The van der Waals surface area contributed by atoms with Crippen LogP contribution in [0, 0.1) is 0 Å². The van der Waals surface area contributed by atoms with Crippen LogP contribution in [0.5, 0.6) is 0 Å². The minimum Gasteiger partial charge on any atom is -0.311 e. The smallest absolute Gasteiger partial charge is 0.252 e. The van der Waals surface area contributed by atoms with Crippen LogP contribution in [-0.4, -0.2) is 15.8 Å². The number of anilines is 6. The largest absolute Gasteiger partial charge is 0.311 e. The SMILES string of the molecule is CC(C)(C)c1cc(-c2cccc3c4ccccc4n(-c4ccc5c(c4)B4c6cc(-n7c8ccccc8c8cccc(-c9cc(C(C)(C)C)cc(C(C)(C)C)c9)c87)ccc6N(c6ccccc6-c6ccccc6C(C)(C)C)c6cccc(c64)N5c4ccccc4-c4ccccc4C(C)(C)C)c23)cc(C(C)(C)C)c1. The zero-order valence-corrected chi connectivity index (χ0v) is 65.8. The molecule has 0 fully saturated rings. The molecule has 530 valence electrons. The lowest BCUT2D eigenvalue weighted by Gasteiger charge is -2.45. The monoisotopic (exact) mass is 1390 g/mol. The lowest BCUT2D eigenvalue weighted by Crippen LogP contribution is -2.61. The van der Waals surface area contributed by atoms with Gasteiger partial charge in [0.15, 0.2) is 0 Å². The van der Waals surface area contributed by atoms with E-state index in [9.17, 15) is 0 Å². The van der Waals surface area contributed by atoms with Gasteiger partial charge in [-0.2, -0.15) is 0 Å². The van der Waals surface area contributed by atoms with Crippen LogP contribution in [0.4, 0.5) is 34.1 Å². The third-order valence-corrected chi connectivity index (χ3v) is 23.2. The first-order valence-electron chi connectivity index (χ1n) is 38.7. The van der Waals surface area contributed by atoms with Crippen molar-refractivity contribution >= 4 is 101 Å². The van der Waals surface area contributed by atoms with E-state index < -0.39 is 0 Å². The Morgan fingerprint density at radius 1 is 0.234 bits per heavy atom. The van der Waals surface area contributed by atoms with Crippen molar-refractivity contribution in [2.24, 2.45) is 0 Å². The highest BCUT2D eigenvalue weighted by atomic mass is 15.2. The van der Waals surface area contributed by atoms with E-state index in [2.05, 4.69) is 417 Å². The molecule has 15 aromatic rings. The fourth-order valence-corrected chi connectivity index (χ4v) is 17.6. The van der Waals surface area contributed by atoms with Crippen LogP contribution >= 0.6 is 0 Å². The van der Waals surface area contributed by atoms with Crippen LogP contribution in [0.15, 0.2) is 273 Å². The summed E-state index contributed by atoms with van der Waals surface area (Å²) in [7, 11) is 0. The van der Waals surface area contributed by atoms with Gasteiger partial charge >= 0.3 is 0 Å². The molecule has 107 heavy (non-hydrogen) atoms. The van der Waals surface area contributed by atoms with Gasteiger partial charge in [-0.3, -0.25) is 0 Å². The van der Waals surface area contributed by atoms with Gasteiger partial charge in [0.25, 0.3) is 6.71 Å². The Labute approximate surface area is 635 Å². The van der Waals surface area contributed by atoms with Crippen LogP contribution in [0.3, 0.4) is 0 Å². The molecule has 0 N–H and O–H groups in total. The summed E-state index contributed by atoms with van der Waals surface area (Å²) >= 11 is 0. The second kappa shape index (κ2) is 24.9. The van der Waals surface area contributed by atoms with Crippen LogP contribution in [0.25, 0.3) is 99.5 Å². The molecule has 0 saturated heterocycles. The summed E-state index contributed by atoms with van der Waals surface area (Å²) in [6, 6.07) is 106. The molecule has 0 radical (unpaired) electrons. The normalized spacial score (nSPS) is 13.5. The number of aromatic nitrogens is 2. The van der Waals surface area contributed by atoms with Crippen molar-refractivity contribution in [1.29, 1.82) is 0 Å². The zero-order chi connectivity index (χ0) is 74.8. The first-order chi connectivity index (χ1) is 50.9. The molecule has 17 rings (SSSR count). The van der Waals surface area contributed by atoms with Gasteiger partial charge in [0.2, 0.25) is 0 Å². The van der Waals surface area contributed by atoms with Gasteiger partial charge in [-0.25, -0.2) is 0 Å². The van der Waals surface area contributed by atoms with Crippen molar-refractivity contribution in [1.82, 2.24) is 9.13 Å². The van der Waals surface area contributed by atoms with E-state index >= 15 is 0 Å². The molecule has 13 aromatic carbocycles. The molecular formula is C102H99BN4. The fraction of sp³-hybridized carbons (Fsp3) is 0.235. The summed E-state index contributed by atoms with van der Waals surface area (Å²) in [4.78, 5) is 5.27. The first kappa shape index (κ1) is 69.2. The lowest BCUT2D eigenvalue weighted by molar-refractivity contribution is 0.568. The number of rotatable bonds is 8. The average molecular weight is 1390 g/mol. The number of nitrogens with zero attached hydrogens (tertiary/aromatic N) is 4. The van der Waals surface area contributed by atoms with Crippen molar-refractivity contribution in [3.63, 3.8) is 0 Å². The van der Waals surface area contributed by atoms with Crippen molar-refractivity contribution < 1.29 is 0 Å². The molecular weight excluding hydrogens is 1290 g/mol. The highest BCUT2D eigenvalue weighted by molar-refractivity contribution is 7.00. The van der Waals surface area contributed by atoms with Gasteiger partial charge in [0.1, 0.15) is 0 Å². The maximum atomic E-state index is 2.64. The maximum Gasteiger partial charge on any atom is 0.252 e. The van der Waals surface area contributed by atoms with E-state index in [0.29, 0.717) is 0 Å². The summed E-state index contributed by atoms with van der Waals surface area (Å²) in [5, 5.41) is 4.92. The van der Waals surface area contributed by atoms with Crippen molar-refractivity contribution in [2.75, 3.05) is 9.80 Å². The van der Waals surface area contributed by atoms with Crippen LogP contribution < -0.4 is 26.2 Å². The molecule has 4 nitrogen and oxygen atoms in total. The Kier molecular flexibility index (Phi) is 16.1. The maximum absolute atomic E-state index is 2.64. The van der Waals surface area contributed by atoms with E-state index in [1.54, 1.807) is 0 Å². The molecule has 0 bridgehead atoms. The highest BCUT2D eigenvalue weighted by Gasteiger charge is 2.45. The van der Waals surface area contributed by atoms with Gasteiger partial charge in [-0.15, -0.1) is 0 Å². The summed E-state index contributed by atoms with van der Waals surface area (Å²) < 4.78 is 5.21. The second-order valence-electron chi connectivity index (χ2n) is 36.6. The Balaban J connectivity index is 1.01. The zero-order valence-electron chi connectivity index (χ0n) is 65.8. The number of hydrogen-bond donors (Lipinski definition) is 0. The molecule has 0 unspecified atom stereocenters. The van der Waals surface area contributed by atoms with E-state index in [4.69, 9.17) is 0 Å². The highest BCUT2D eigenvalue weighted by Crippen LogP contribution is 2.52. The van der Waals surface area contributed by atoms with Crippen LogP contribution in [0.1, 0.15) is 158 Å². The summed E-state index contributed by atoms with van der Waals surface area (Å²) in [6.45, 7) is 42.0. The minimum atomic E-state index is -0.266. The Morgan fingerprint density at radius 3 is 0.916 bits per heavy atom. The van der Waals surface area contributed by atoms with Crippen molar-refractivity contribution in [3.8, 4) is 55.9 Å². The molecule has 0 amide bonds. The standard InChI is InChI=1S/C102H99BN4/c1-97(2,3)66-56-64(57-67(60-66)98(4,5)6)72-40-31-42-80-78-38-23-27-46-86(78)104(95(72)80)70-52-54-90-84(62-70)103-85-63-71(105-87-47-28-24-39-79(87)81-43-32-41-73(96(81)105)65-58-68(99(7,8)9)61-69(59-65)100(10,11)12)53-55-91(85)107(89-49-30-22-37-77(89)75-35-20-26-45-83(75)102(16,17)18)93-51-33-50-92(94(93)103)106(90)88-48-29-21-36-76(88)74-34-19-25-44-82(74)101(13,14)15/h19-63H,1-18H3. The quantitative estimate of drug-likeness (QED) is 0.141. The molecule has 2 aliphatic heterocycles. The third kappa shape index (κ3) is 11.6. The van der Waals surface area contributed by atoms with Crippen LogP contribution in [-0.2, 0) is 32.5 Å². The predicted octanol–water partition coefficient (Wildman–Crippen LogP) is 26.4. The van der Waals surface area contributed by atoms with E-state index in [-0.39, 0.29) is 39.2 Å². The number of para-hydroxylation sites is 6. The van der Waals surface area contributed by atoms with Crippen molar-refractivity contribution in [2.45, 2.75) is 157 Å². The number of benzene rings is 13. The van der Waals surface area contributed by atoms with Gasteiger partial charge in [-0.1, -0.05) is 325 Å². The number of fused-ring (bicyclic) bond motifs is 10. The Bertz CT molecular complexity index is 5670. The summed E-state index contributed by atoms with van der Waals surface area (Å²) in [6.07, 6.45) is 0. The predicted molar refractivity (Wildman–Crippen MR) is 463 cm³/mol. The molecule has 0 spiro atoms. The Hall–Kier alpha value is -10.9. The van der Waals surface area contributed by atoms with Gasteiger partial charge in [0.05, 0.1) is 33.4 Å². The van der Waals surface area contributed by atoms with E-state index in [0.717, 1.165) is 45.5 Å². The molecule has 0 atom stereocenters.